The average molecular weight is 415 g/mol. The molecule has 2 aromatic heterocycles. The number of aryl methyl sites for hydroxylation is 1. The molecule has 28 heavy (non-hydrogen) atoms. The first-order valence-corrected chi connectivity index (χ1v) is 8.89. The van der Waals surface area contributed by atoms with Gasteiger partial charge in [0.1, 0.15) is 5.02 Å². The van der Waals surface area contributed by atoms with Gasteiger partial charge in [-0.15, -0.1) is 10.2 Å². The Hall–Kier alpha value is -3.16. The molecule has 0 fully saturated rings. The van der Waals surface area contributed by atoms with Crippen LogP contribution >= 0.6 is 23.2 Å². The number of nitrogens with zero attached hydrogens (tertiary/aromatic N) is 4. The molecule has 2 heterocycles. The minimum atomic E-state index is -1.28. The predicted octanol–water partition coefficient (Wildman–Crippen LogP) is 4.90. The van der Waals surface area contributed by atoms with Gasteiger partial charge in [-0.05, 0) is 31.2 Å². The highest BCUT2D eigenvalue weighted by Crippen LogP contribution is 2.35. The molecule has 0 saturated heterocycles. The first-order chi connectivity index (χ1) is 13.5. The van der Waals surface area contributed by atoms with Crippen molar-refractivity contribution >= 4 is 29.2 Å². The lowest BCUT2D eigenvalue weighted by Crippen LogP contribution is -2.03. The molecule has 140 valence electrons. The van der Waals surface area contributed by atoms with Crippen LogP contribution in [0.2, 0.25) is 10.0 Å². The van der Waals surface area contributed by atoms with Crippen LogP contribution in [-0.4, -0.2) is 31.1 Å². The molecular formula is C19H12Cl2N4O3. The van der Waals surface area contributed by atoms with Crippen molar-refractivity contribution in [2.24, 2.45) is 0 Å². The Kier molecular flexibility index (Phi) is 4.62. The molecule has 0 aliphatic heterocycles. The van der Waals surface area contributed by atoms with Crippen LogP contribution < -0.4 is 0 Å². The van der Waals surface area contributed by atoms with Gasteiger partial charge in [-0.2, -0.15) is 5.10 Å². The highest BCUT2D eigenvalue weighted by atomic mass is 35.5. The SMILES string of the molecule is Cc1cccc(-c2nnc(-c3c(Cl)c(C(=O)O)nn3-c3ccccc3Cl)o2)c1. The highest BCUT2D eigenvalue weighted by Gasteiger charge is 2.27. The monoisotopic (exact) mass is 414 g/mol. The summed E-state index contributed by atoms with van der Waals surface area (Å²) < 4.78 is 7.08. The number of benzene rings is 2. The summed E-state index contributed by atoms with van der Waals surface area (Å²) in [6.45, 7) is 1.95. The minimum Gasteiger partial charge on any atom is -0.476 e. The van der Waals surface area contributed by atoms with Crippen LogP contribution in [0.4, 0.5) is 0 Å². The van der Waals surface area contributed by atoms with E-state index in [0.717, 1.165) is 11.1 Å². The smallest absolute Gasteiger partial charge is 0.358 e. The Morgan fingerprint density at radius 1 is 1.07 bits per heavy atom. The maximum Gasteiger partial charge on any atom is 0.358 e. The summed E-state index contributed by atoms with van der Waals surface area (Å²) in [7, 11) is 0. The minimum absolute atomic E-state index is 0.0291. The molecule has 0 bridgehead atoms. The van der Waals surface area contributed by atoms with E-state index in [1.54, 1.807) is 24.3 Å². The van der Waals surface area contributed by atoms with Crippen molar-refractivity contribution in [2.45, 2.75) is 6.92 Å². The van der Waals surface area contributed by atoms with Gasteiger partial charge in [0.25, 0.3) is 5.89 Å². The van der Waals surface area contributed by atoms with Crippen molar-refractivity contribution in [3.05, 3.63) is 69.8 Å². The molecule has 1 N–H and O–H groups in total. The average Bonchev–Trinajstić information content (AvgIpc) is 3.27. The van der Waals surface area contributed by atoms with E-state index in [4.69, 9.17) is 27.6 Å². The van der Waals surface area contributed by atoms with E-state index < -0.39 is 5.97 Å². The topological polar surface area (TPSA) is 94.0 Å². The van der Waals surface area contributed by atoms with Crippen LogP contribution in [0.25, 0.3) is 28.7 Å². The first-order valence-electron chi connectivity index (χ1n) is 8.13. The Labute approximate surface area is 169 Å². The molecule has 0 atom stereocenters. The van der Waals surface area contributed by atoms with E-state index in [1.807, 2.05) is 31.2 Å². The summed E-state index contributed by atoms with van der Waals surface area (Å²) in [6, 6.07) is 14.4. The number of carboxylic acid groups (broad SMARTS) is 1. The van der Waals surface area contributed by atoms with Crippen molar-refractivity contribution in [1.82, 2.24) is 20.0 Å². The number of aromatic carboxylic acids is 1. The number of carboxylic acids is 1. The van der Waals surface area contributed by atoms with E-state index in [0.29, 0.717) is 10.7 Å². The normalized spacial score (nSPS) is 11.0. The maximum atomic E-state index is 11.5. The third-order valence-electron chi connectivity index (χ3n) is 4.00. The van der Waals surface area contributed by atoms with E-state index in [1.165, 1.54) is 4.68 Å². The number of hydrogen-bond donors (Lipinski definition) is 1. The summed E-state index contributed by atoms with van der Waals surface area (Å²) in [5, 5.41) is 21.9. The van der Waals surface area contributed by atoms with Gasteiger partial charge >= 0.3 is 5.97 Å². The Morgan fingerprint density at radius 2 is 1.82 bits per heavy atom. The lowest BCUT2D eigenvalue weighted by atomic mass is 10.1. The van der Waals surface area contributed by atoms with Crippen LogP contribution in [0.5, 0.6) is 0 Å². The molecule has 2 aromatic carbocycles. The molecule has 0 aliphatic carbocycles. The predicted molar refractivity (Wildman–Crippen MR) is 104 cm³/mol. The Balaban J connectivity index is 1.91. The number of aromatic nitrogens is 4. The second kappa shape index (κ2) is 7.10. The Bertz CT molecular complexity index is 1200. The van der Waals surface area contributed by atoms with E-state index in [2.05, 4.69) is 15.3 Å². The third kappa shape index (κ3) is 3.15. The second-order valence-electron chi connectivity index (χ2n) is 5.96. The maximum absolute atomic E-state index is 11.5. The van der Waals surface area contributed by atoms with Gasteiger partial charge in [0.05, 0.1) is 10.7 Å². The standard InChI is InChI=1S/C19H12Cl2N4O3/c1-10-5-4-6-11(9-10)17-22-23-18(28-17)16-14(21)15(19(26)27)24-25(16)13-8-3-2-7-12(13)20/h2-9H,1H3,(H,26,27). The van der Waals surface area contributed by atoms with Gasteiger partial charge in [-0.1, -0.05) is 53.0 Å². The highest BCUT2D eigenvalue weighted by molar-refractivity contribution is 6.36. The zero-order valence-corrected chi connectivity index (χ0v) is 15.9. The van der Waals surface area contributed by atoms with Crippen molar-refractivity contribution in [1.29, 1.82) is 0 Å². The van der Waals surface area contributed by atoms with Gasteiger partial charge in [0.15, 0.2) is 11.4 Å². The number of para-hydroxylation sites is 1. The van der Waals surface area contributed by atoms with Crippen LogP contribution in [0, 0.1) is 6.92 Å². The quantitative estimate of drug-likeness (QED) is 0.510. The van der Waals surface area contributed by atoms with Crippen LogP contribution in [0.1, 0.15) is 16.1 Å². The van der Waals surface area contributed by atoms with Crippen LogP contribution in [-0.2, 0) is 0 Å². The van der Waals surface area contributed by atoms with Crippen molar-refractivity contribution in [3.63, 3.8) is 0 Å². The van der Waals surface area contributed by atoms with Gasteiger partial charge in [0.2, 0.25) is 5.89 Å². The summed E-state index contributed by atoms with van der Waals surface area (Å²) in [5.74, 6) is -0.976. The molecule has 0 aliphatic rings. The largest absolute Gasteiger partial charge is 0.476 e. The lowest BCUT2D eigenvalue weighted by molar-refractivity contribution is 0.0690. The lowest BCUT2D eigenvalue weighted by Gasteiger charge is -2.06. The van der Waals surface area contributed by atoms with E-state index in [9.17, 15) is 9.90 Å². The summed E-state index contributed by atoms with van der Waals surface area (Å²) in [6.07, 6.45) is 0. The van der Waals surface area contributed by atoms with Crippen molar-refractivity contribution in [3.8, 4) is 28.7 Å². The third-order valence-corrected chi connectivity index (χ3v) is 4.68. The molecule has 0 amide bonds. The number of hydrogen-bond acceptors (Lipinski definition) is 5. The summed E-state index contributed by atoms with van der Waals surface area (Å²) in [5.41, 5.74) is 2.01. The number of carbonyl (C=O) groups is 1. The zero-order chi connectivity index (χ0) is 19.8. The van der Waals surface area contributed by atoms with E-state index >= 15 is 0 Å². The van der Waals surface area contributed by atoms with Crippen LogP contribution in [0.3, 0.4) is 0 Å². The second-order valence-corrected chi connectivity index (χ2v) is 6.75. The van der Waals surface area contributed by atoms with Gasteiger partial charge in [-0.3, -0.25) is 0 Å². The molecule has 0 spiro atoms. The van der Waals surface area contributed by atoms with Gasteiger partial charge < -0.3 is 9.52 Å². The fourth-order valence-corrected chi connectivity index (χ4v) is 3.23. The zero-order valence-electron chi connectivity index (χ0n) is 14.4. The van der Waals surface area contributed by atoms with E-state index in [-0.39, 0.29) is 28.2 Å². The Morgan fingerprint density at radius 3 is 2.54 bits per heavy atom. The molecule has 0 radical (unpaired) electrons. The molecule has 4 rings (SSSR count). The molecule has 9 heteroatoms. The summed E-state index contributed by atoms with van der Waals surface area (Å²) in [4.78, 5) is 11.5. The molecule has 7 nitrogen and oxygen atoms in total. The molecular weight excluding hydrogens is 403 g/mol. The first kappa shape index (κ1) is 18.2. The fourth-order valence-electron chi connectivity index (χ4n) is 2.73. The van der Waals surface area contributed by atoms with Crippen LogP contribution in [0.15, 0.2) is 52.9 Å². The number of rotatable bonds is 4. The number of halogens is 2. The summed E-state index contributed by atoms with van der Waals surface area (Å²) >= 11 is 12.6. The fraction of sp³-hybridized carbons (Fsp3) is 0.0526. The molecule has 4 aromatic rings. The molecule has 0 saturated carbocycles. The van der Waals surface area contributed by atoms with Gasteiger partial charge in [0, 0.05) is 5.56 Å². The molecule has 0 unspecified atom stereocenters. The van der Waals surface area contributed by atoms with Crippen molar-refractivity contribution < 1.29 is 14.3 Å². The van der Waals surface area contributed by atoms with Gasteiger partial charge in [-0.25, -0.2) is 9.48 Å². The van der Waals surface area contributed by atoms with Crippen molar-refractivity contribution in [2.75, 3.05) is 0 Å².